The van der Waals surface area contributed by atoms with Gasteiger partial charge in [-0.3, -0.25) is 0 Å². The van der Waals surface area contributed by atoms with Gasteiger partial charge < -0.3 is 10.4 Å². The summed E-state index contributed by atoms with van der Waals surface area (Å²) in [5, 5.41) is 15.7. The molecule has 2 aromatic rings. The van der Waals surface area contributed by atoms with Crippen LogP contribution in [0.15, 0.2) is 36.2 Å². The van der Waals surface area contributed by atoms with Gasteiger partial charge in [-0.2, -0.15) is 0 Å². The molecule has 1 aliphatic rings. The van der Waals surface area contributed by atoms with E-state index in [0.29, 0.717) is 16.5 Å². The van der Waals surface area contributed by atoms with Crippen molar-refractivity contribution >= 4 is 28.0 Å². The number of hydrogen-bond donors (Lipinski definition) is 2. The number of carboxylic acids is 1. The average molecular weight is 341 g/mol. The van der Waals surface area contributed by atoms with Crippen molar-refractivity contribution in [2.45, 2.75) is 44.9 Å². The monoisotopic (exact) mass is 341 g/mol. The van der Waals surface area contributed by atoms with Crippen molar-refractivity contribution in [2.75, 3.05) is 5.32 Å². The van der Waals surface area contributed by atoms with Crippen molar-refractivity contribution in [1.82, 2.24) is 0 Å². The fraction of sp³-hybridized carbons (Fsp3) is 0.350. The van der Waals surface area contributed by atoms with Gasteiger partial charge in [-0.25, -0.2) is 4.79 Å². The summed E-state index contributed by atoms with van der Waals surface area (Å²) < 4.78 is 0. The summed E-state index contributed by atoms with van der Waals surface area (Å²) in [5.41, 5.74) is 4.32. The molecule has 3 nitrogen and oxygen atoms in total. The van der Waals surface area contributed by atoms with Crippen molar-refractivity contribution in [2.24, 2.45) is 0 Å². The van der Waals surface area contributed by atoms with Gasteiger partial charge in [-0.15, -0.1) is 11.3 Å². The van der Waals surface area contributed by atoms with Crippen LogP contribution in [0.2, 0.25) is 0 Å². The Balaban J connectivity index is 1.85. The second kappa shape index (κ2) is 7.22. The third-order valence-electron chi connectivity index (χ3n) is 4.74. The quantitative estimate of drug-likeness (QED) is 0.713. The van der Waals surface area contributed by atoms with Crippen molar-refractivity contribution in [3.63, 3.8) is 0 Å². The van der Waals surface area contributed by atoms with E-state index in [1.54, 1.807) is 0 Å². The largest absolute Gasteiger partial charge is 0.478 e. The highest BCUT2D eigenvalue weighted by Crippen LogP contribution is 2.40. The summed E-state index contributed by atoms with van der Waals surface area (Å²) in [4.78, 5) is 11.8. The number of benzene rings is 1. The number of aryl methyl sites for hydroxylation is 1. The number of rotatable bonds is 5. The number of hydrogen-bond acceptors (Lipinski definition) is 3. The van der Waals surface area contributed by atoms with Crippen molar-refractivity contribution in [3.05, 3.63) is 58.5 Å². The highest BCUT2D eigenvalue weighted by atomic mass is 32.1. The van der Waals surface area contributed by atoms with Gasteiger partial charge in [0.1, 0.15) is 5.00 Å². The Kier molecular flexibility index (Phi) is 5.05. The van der Waals surface area contributed by atoms with E-state index in [-0.39, 0.29) is 0 Å². The lowest BCUT2D eigenvalue weighted by Crippen LogP contribution is -2.10. The Labute approximate surface area is 147 Å². The Morgan fingerprint density at radius 2 is 1.88 bits per heavy atom. The third kappa shape index (κ3) is 3.54. The maximum absolute atomic E-state index is 11.8. The van der Waals surface area contributed by atoms with Gasteiger partial charge in [0.15, 0.2) is 0 Å². The summed E-state index contributed by atoms with van der Waals surface area (Å²) >= 11 is 1.47. The SMILES string of the molecule is C=C(Nc1scc(C2CCCCC2)c1C(=O)O)c1ccc(C)cc1. The Hall–Kier alpha value is -2.07. The predicted molar refractivity (Wildman–Crippen MR) is 101 cm³/mol. The summed E-state index contributed by atoms with van der Waals surface area (Å²) in [7, 11) is 0. The van der Waals surface area contributed by atoms with Crippen LogP contribution in [0.3, 0.4) is 0 Å². The van der Waals surface area contributed by atoms with E-state index in [1.165, 1.54) is 36.2 Å². The molecule has 24 heavy (non-hydrogen) atoms. The van der Waals surface area contributed by atoms with E-state index in [1.807, 2.05) is 36.6 Å². The molecule has 126 valence electrons. The van der Waals surface area contributed by atoms with Gasteiger partial charge in [0.25, 0.3) is 0 Å². The van der Waals surface area contributed by atoms with Crippen LogP contribution in [0.1, 0.15) is 65.1 Å². The zero-order chi connectivity index (χ0) is 17.1. The number of carboxylic acid groups (broad SMARTS) is 1. The Morgan fingerprint density at radius 1 is 1.21 bits per heavy atom. The molecule has 0 aliphatic heterocycles. The lowest BCUT2D eigenvalue weighted by atomic mass is 9.83. The first-order valence-electron chi connectivity index (χ1n) is 8.44. The number of nitrogens with one attached hydrogen (secondary N) is 1. The highest BCUT2D eigenvalue weighted by Gasteiger charge is 2.26. The number of anilines is 1. The molecule has 1 heterocycles. The first kappa shape index (κ1) is 16.8. The molecular weight excluding hydrogens is 318 g/mol. The average Bonchev–Trinajstić information content (AvgIpc) is 3.00. The van der Waals surface area contributed by atoms with Crippen LogP contribution in [0.5, 0.6) is 0 Å². The molecule has 0 saturated heterocycles. The van der Waals surface area contributed by atoms with E-state index in [0.717, 1.165) is 29.7 Å². The topological polar surface area (TPSA) is 49.3 Å². The van der Waals surface area contributed by atoms with E-state index in [4.69, 9.17) is 0 Å². The molecule has 0 spiro atoms. The third-order valence-corrected chi connectivity index (χ3v) is 5.66. The molecule has 0 bridgehead atoms. The Bertz CT molecular complexity index is 739. The highest BCUT2D eigenvalue weighted by molar-refractivity contribution is 7.14. The van der Waals surface area contributed by atoms with Crippen LogP contribution < -0.4 is 5.32 Å². The molecule has 1 aromatic heterocycles. The molecule has 3 rings (SSSR count). The van der Waals surface area contributed by atoms with E-state index in [2.05, 4.69) is 11.9 Å². The van der Waals surface area contributed by atoms with Crippen molar-refractivity contribution < 1.29 is 9.90 Å². The minimum Gasteiger partial charge on any atom is -0.478 e. The van der Waals surface area contributed by atoms with E-state index >= 15 is 0 Å². The molecule has 0 unspecified atom stereocenters. The van der Waals surface area contributed by atoms with Crippen LogP contribution in [0.25, 0.3) is 5.70 Å². The fourth-order valence-corrected chi connectivity index (χ4v) is 4.42. The smallest absolute Gasteiger partial charge is 0.339 e. The first-order valence-corrected chi connectivity index (χ1v) is 9.32. The molecule has 4 heteroatoms. The molecule has 1 fully saturated rings. The summed E-state index contributed by atoms with van der Waals surface area (Å²) in [5.74, 6) is -0.472. The van der Waals surface area contributed by atoms with Gasteiger partial charge in [0.2, 0.25) is 0 Å². The second-order valence-corrected chi connectivity index (χ2v) is 7.38. The second-order valence-electron chi connectivity index (χ2n) is 6.50. The Morgan fingerprint density at radius 3 is 2.50 bits per heavy atom. The maximum atomic E-state index is 11.8. The molecular formula is C20H23NO2S. The van der Waals surface area contributed by atoms with Crippen LogP contribution in [0, 0.1) is 6.92 Å². The number of carbonyl (C=O) groups is 1. The molecule has 0 amide bonds. The molecule has 0 atom stereocenters. The number of aromatic carboxylic acids is 1. The van der Waals surface area contributed by atoms with Crippen LogP contribution in [0.4, 0.5) is 5.00 Å². The van der Waals surface area contributed by atoms with E-state index in [9.17, 15) is 9.90 Å². The van der Waals surface area contributed by atoms with Crippen molar-refractivity contribution in [3.8, 4) is 0 Å². The maximum Gasteiger partial charge on any atom is 0.339 e. The van der Waals surface area contributed by atoms with E-state index < -0.39 is 5.97 Å². The zero-order valence-corrected chi connectivity index (χ0v) is 14.8. The van der Waals surface area contributed by atoms with Crippen LogP contribution >= 0.6 is 11.3 Å². The van der Waals surface area contributed by atoms with Gasteiger partial charge in [0.05, 0.1) is 5.56 Å². The normalized spacial score (nSPS) is 15.2. The lowest BCUT2D eigenvalue weighted by Gasteiger charge is -2.21. The minimum absolute atomic E-state index is 0.379. The molecule has 0 radical (unpaired) electrons. The van der Waals surface area contributed by atoms with Gasteiger partial charge in [-0.05, 0) is 42.2 Å². The van der Waals surface area contributed by atoms with Gasteiger partial charge in [-0.1, -0.05) is 55.7 Å². The summed E-state index contributed by atoms with van der Waals surface area (Å²) in [6.07, 6.45) is 5.83. The number of thiophene rings is 1. The molecule has 1 aliphatic carbocycles. The van der Waals surface area contributed by atoms with Gasteiger partial charge >= 0.3 is 5.97 Å². The minimum atomic E-state index is -0.851. The fourth-order valence-electron chi connectivity index (χ4n) is 3.36. The first-order chi connectivity index (χ1) is 11.6. The summed E-state index contributed by atoms with van der Waals surface area (Å²) in [6.45, 7) is 6.11. The standard InChI is InChI=1S/C20H23NO2S/c1-13-8-10-15(11-9-13)14(2)21-19-18(20(22)23)17(12-24-19)16-6-4-3-5-7-16/h8-12,16,21H,2-7H2,1H3,(H,22,23). The van der Waals surface area contributed by atoms with Gasteiger partial charge in [0, 0.05) is 5.70 Å². The molecule has 1 aromatic carbocycles. The van der Waals surface area contributed by atoms with Crippen molar-refractivity contribution in [1.29, 1.82) is 0 Å². The molecule has 2 N–H and O–H groups in total. The lowest BCUT2D eigenvalue weighted by molar-refractivity contribution is 0.0696. The van der Waals surface area contributed by atoms with Crippen LogP contribution in [-0.2, 0) is 0 Å². The predicted octanol–water partition coefficient (Wildman–Crippen LogP) is 5.89. The summed E-state index contributed by atoms with van der Waals surface area (Å²) in [6, 6.07) is 8.06. The zero-order valence-electron chi connectivity index (χ0n) is 14.0. The van der Waals surface area contributed by atoms with Crippen LogP contribution in [-0.4, -0.2) is 11.1 Å². The molecule has 1 saturated carbocycles.